The van der Waals surface area contributed by atoms with Gasteiger partial charge < -0.3 is 10.6 Å². The average molecular weight is 400 g/mol. The Morgan fingerprint density at radius 1 is 0.963 bits per heavy atom. The first-order valence-electron chi connectivity index (χ1n) is 7.86. The van der Waals surface area contributed by atoms with E-state index in [-0.39, 0.29) is 10.8 Å². The standard InChI is InChI=1S/C17H16N6O2S2/c24-27(25,23-16-19-8-1-9-20-16)15-4-2-14(3-5-15)22-17(26)21-12-13-6-10-18-11-7-13/h1-11H,12H2,(H,19,20,23)(H2,21,22,26). The summed E-state index contributed by atoms with van der Waals surface area (Å²) < 4.78 is 27.0. The lowest BCUT2D eigenvalue weighted by Crippen LogP contribution is -2.27. The van der Waals surface area contributed by atoms with Gasteiger partial charge in [-0.2, -0.15) is 0 Å². The van der Waals surface area contributed by atoms with Gasteiger partial charge in [-0.15, -0.1) is 0 Å². The van der Waals surface area contributed by atoms with Crippen molar-refractivity contribution in [3.8, 4) is 0 Å². The summed E-state index contributed by atoms with van der Waals surface area (Å²) in [7, 11) is -3.76. The summed E-state index contributed by atoms with van der Waals surface area (Å²) in [5, 5.41) is 6.50. The molecule has 0 radical (unpaired) electrons. The van der Waals surface area contributed by atoms with Crippen LogP contribution in [0.25, 0.3) is 0 Å². The van der Waals surface area contributed by atoms with Crippen LogP contribution in [0.3, 0.4) is 0 Å². The molecule has 3 aromatic rings. The molecule has 1 aromatic carbocycles. The maximum atomic E-state index is 12.3. The summed E-state index contributed by atoms with van der Waals surface area (Å²) >= 11 is 5.24. The Morgan fingerprint density at radius 3 is 2.30 bits per heavy atom. The third kappa shape index (κ3) is 5.43. The smallest absolute Gasteiger partial charge is 0.264 e. The monoisotopic (exact) mass is 400 g/mol. The van der Waals surface area contributed by atoms with Gasteiger partial charge in [0.05, 0.1) is 4.90 Å². The molecule has 0 aliphatic heterocycles. The van der Waals surface area contributed by atoms with Crippen molar-refractivity contribution >= 4 is 39.0 Å². The van der Waals surface area contributed by atoms with Crippen molar-refractivity contribution < 1.29 is 8.42 Å². The second kappa shape index (κ2) is 8.52. The highest BCUT2D eigenvalue weighted by Gasteiger charge is 2.15. The van der Waals surface area contributed by atoms with Gasteiger partial charge >= 0.3 is 0 Å². The first-order chi connectivity index (χ1) is 13.0. The lowest BCUT2D eigenvalue weighted by atomic mass is 10.3. The number of hydrogen-bond donors (Lipinski definition) is 3. The Kier molecular flexibility index (Phi) is 5.89. The van der Waals surface area contributed by atoms with E-state index in [9.17, 15) is 8.42 Å². The number of sulfonamides is 1. The predicted octanol–water partition coefficient (Wildman–Crippen LogP) is 2.16. The minimum atomic E-state index is -3.76. The molecule has 0 spiro atoms. The number of nitrogens with zero attached hydrogens (tertiary/aromatic N) is 3. The summed E-state index contributed by atoms with van der Waals surface area (Å²) in [4.78, 5) is 11.7. The summed E-state index contributed by atoms with van der Waals surface area (Å²) in [6.07, 6.45) is 6.33. The molecule has 0 amide bonds. The molecular formula is C17H16N6O2S2. The normalized spacial score (nSPS) is 10.8. The molecule has 10 heteroatoms. The highest BCUT2D eigenvalue weighted by molar-refractivity contribution is 7.92. The van der Waals surface area contributed by atoms with Crippen LogP contribution < -0.4 is 15.4 Å². The summed E-state index contributed by atoms with van der Waals surface area (Å²) in [6.45, 7) is 0.557. The van der Waals surface area contributed by atoms with Crippen molar-refractivity contribution in [1.29, 1.82) is 0 Å². The van der Waals surface area contributed by atoms with Crippen LogP contribution in [0.5, 0.6) is 0 Å². The lowest BCUT2D eigenvalue weighted by molar-refractivity contribution is 0.601. The minimum Gasteiger partial charge on any atom is -0.358 e. The molecule has 3 rings (SSSR count). The quantitative estimate of drug-likeness (QED) is 0.540. The lowest BCUT2D eigenvalue weighted by Gasteiger charge is -2.11. The third-order valence-corrected chi connectivity index (χ3v) is 5.01. The summed E-state index contributed by atoms with van der Waals surface area (Å²) in [5.41, 5.74) is 1.71. The fraction of sp³-hybridized carbons (Fsp3) is 0.0588. The second-order valence-corrected chi connectivity index (χ2v) is 7.46. The Balaban J connectivity index is 1.59. The first kappa shape index (κ1) is 18.7. The van der Waals surface area contributed by atoms with Crippen molar-refractivity contribution in [2.24, 2.45) is 0 Å². The molecule has 138 valence electrons. The fourth-order valence-corrected chi connectivity index (χ4v) is 3.25. The maximum Gasteiger partial charge on any atom is 0.264 e. The van der Waals surface area contributed by atoms with Crippen LogP contribution in [-0.4, -0.2) is 28.5 Å². The van der Waals surface area contributed by atoms with Crippen molar-refractivity contribution in [3.05, 3.63) is 72.8 Å². The van der Waals surface area contributed by atoms with Gasteiger partial charge in [-0.1, -0.05) is 0 Å². The molecule has 2 heterocycles. The number of aromatic nitrogens is 3. The molecular weight excluding hydrogens is 384 g/mol. The second-order valence-electron chi connectivity index (χ2n) is 5.37. The molecule has 27 heavy (non-hydrogen) atoms. The van der Waals surface area contributed by atoms with Gasteiger partial charge in [0.15, 0.2) is 5.11 Å². The van der Waals surface area contributed by atoms with Crippen molar-refractivity contribution in [3.63, 3.8) is 0 Å². The van der Waals surface area contributed by atoms with Crippen LogP contribution in [0.1, 0.15) is 5.56 Å². The predicted molar refractivity (Wildman–Crippen MR) is 107 cm³/mol. The van der Waals surface area contributed by atoms with E-state index in [0.29, 0.717) is 17.3 Å². The number of thiocarbonyl (C=S) groups is 1. The Morgan fingerprint density at radius 2 is 1.63 bits per heavy atom. The van der Waals surface area contributed by atoms with E-state index in [1.165, 1.54) is 24.5 Å². The zero-order valence-corrected chi connectivity index (χ0v) is 15.7. The van der Waals surface area contributed by atoms with E-state index in [1.54, 1.807) is 30.6 Å². The van der Waals surface area contributed by atoms with Gasteiger partial charge in [0.25, 0.3) is 10.0 Å². The van der Waals surface area contributed by atoms with Crippen LogP contribution in [0.4, 0.5) is 11.6 Å². The third-order valence-electron chi connectivity index (χ3n) is 3.42. The van der Waals surface area contributed by atoms with E-state index >= 15 is 0 Å². The molecule has 0 saturated heterocycles. The Bertz CT molecular complexity index is 997. The number of benzene rings is 1. The SMILES string of the molecule is O=S(=O)(Nc1ncccn1)c1ccc(NC(=S)NCc2ccncc2)cc1. The number of pyridine rings is 1. The van der Waals surface area contributed by atoms with Crippen LogP contribution in [-0.2, 0) is 16.6 Å². The number of nitrogens with one attached hydrogen (secondary N) is 3. The molecule has 3 N–H and O–H groups in total. The van der Waals surface area contributed by atoms with Crippen molar-refractivity contribution in [2.75, 3.05) is 10.0 Å². The Hall–Kier alpha value is -3.11. The molecule has 0 atom stereocenters. The van der Waals surface area contributed by atoms with Gasteiger partial charge in [0.2, 0.25) is 5.95 Å². The zero-order chi connectivity index (χ0) is 19.1. The highest BCUT2D eigenvalue weighted by atomic mass is 32.2. The van der Waals surface area contributed by atoms with E-state index in [2.05, 4.69) is 30.3 Å². The maximum absolute atomic E-state index is 12.3. The van der Waals surface area contributed by atoms with Gasteiger partial charge in [-0.05, 0) is 60.2 Å². The van der Waals surface area contributed by atoms with Gasteiger partial charge in [-0.3, -0.25) is 4.98 Å². The van der Waals surface area contributed by atoms with Crippen LogP contribution in [0, 0.1) is 0 Å². The van der Waals surface area contributed by atoms with Gasteiger partial charge in [-0.25, -0.2) is 23.1 Å². The first-order valence-corrected chi connectivity index (χ1v) is 9.76. The molecule has 0 aliphatic rings. The van der Waals surface area contributed by atoms with Gasteiger partial charge in [0.1, 0.15) is 0 Å². The van der Waals surface area contributed by atoms with Crippen LogP contribution in [0.2, 0.25) is 0 Å². The topological polar surface area (TPSA) is 109 Å². The molecule has 8 nitrogen and oxygen atoms in total. The van der Waals surface area contributed by atoms with Crippen LogP contribution in [0.15, 0.2) is 72.1 Å². The minimum absolute atomic E-state index is 0.0150. The molecule has 0 bridgehead atoms. The Labute approximate surface area is 162 Å². The van der Waals surface area contributed by atoms with E-state index in [1.807, 2.05) is 12.1 Å². The molecule has 0 aliphatic carbocycles. The van der Waals surface area contributed by atoms with Crippen LogP contribution >= 0.6 is 12.2 Å². The largest absolute Gasteiger partial charge is 0.358 e. The number of rotatable bonds is 6. The zero-order valence-electron chi connectivity index (χ0n) is 14.0. The molecule has 0 saturated carbocycles. The number of anilines is 2. The fourth-order valence-electron chi connectivity index (χ4n) is 2.11. The summed E-state index contributed by atoms with van der Waals surface area (Å²) in [6, 6.07) is 11.6. The van der Waals surface area contributed by atoms with Crippen molar-refractivity contribution in [2.45, 2.75) is 11.4 Å². The summed E-state index contributed by atoms with van der Waals surface area (Å²) in [5.74, 6) is 0.0150. The average Bonchev–Trinajstić information content (AvgIpc) is 2.68. The van der Waals surface area contributed by atoms with Gasteiger partial charge in [0, 0.05) is 37.0 Å². The van der Waals surface area contributed by atoms with E-state index in [0.717, 1.165) is 5.56 Å². The highest BCUT2D eigenvalue weighted by Crippen LogP contribution is 2.16. The van der Waals surface area contributed by atoms with E-state index < -0.39 is 10.0 Å². The molecule has 0 fully saturated rings. The molecule has 2 aromatic heterocycles. The van der Waals surface area contributed by atoms with E-state index in [4.69, 9.17) is 12.2 Å². The molecule has 0 unspecified atom stereocenters. The van der Waals surface area contributed by atoms with Crippen molar-refractivity contribution in [1.82, 2.24) is 20.3 Å². The number of hydrogen-bond acceptors (Lipinski definition) is 6.